The number of likely N-dealkylation sites (N-methyl/N-ethyl adjacent to an activating group) is 1. The van der Waals surface area contributed by atoms with Crippen molar-refractivity contribution >= 4 is 21.6 Å². The molecule has 0 saturated carbocycles. The summed E-state index contributed by atoms with van der Waals surface area (Å²) in [7, 11) is -1.97. The Morgan fingerprint density at radius 2 is 2.28 bits per heavy atom. The zero-order valence-electron chi connectivity index (χ0n) is 10.3. The molecule has 1 aliphatic rings. The second-order valence-corrected chi connectivity index (χ2v) is 6.54. The predicted molar refractivity (Wildman–Crippen MR) is 67.2 cm³/mol. The smallest absolute Gasteiger partial charge is 0.246 e. The molecule has 1 unspecified atom stereocenters. The number of hydrogen-bond acceptors (Lipinski definition) is 4. The fourth-order valence-electron chi connectivity index (χ4n) is 2.01. The molecule has 1 aromatic rings. The molecule has 5 nitrogen and oxygen atoms in total. The fourth-order valence-corrected chi connectivity index (χ4v) is 3.69. The molecule has 0 N–H and O–H groups in total. The van der Waals surface area contributed by atoms with E-state index in [4.69, 9.17) is 20.8 Å². The maximum atomic E-state index is 12.4. The number of rotatable bonds is 4. The highest BCUT2D eigenvalue weighted by Crippen LogP contribution is 2.26. The molecule has 1 saturated heterocycles. The van der Waals surface area contributed by atoms with E-state index in [-0.39, 0.29) is 16.8 Å². The van der Waals surface area contributed by atoms with Crippen LogP contribution in [0.3, 0.4) is 0 Å². The highest BCUT2D eigenvalue weighted by Gasteiger charge is 2.33. The normalized spacial score (nSPS) is 20.8. The zero-order valence-corrected chi connectivity index (χ0v) is 11.9. The minimum Gasteiger partial charge on any atom is -0.464 e. The van der Waals surface area contributed by atoms with E-state index >= 15 is 0 Å². The molecular weight excluding hydrogens is 278 g/mol. The standard InChI is InChI=1S/C11H16ClNO4S/c1-8-11(5-10(6-12)17-8)18(14,15)13(2)9-3-4-16-7-9/h5,9H,3-4,6-7H2,1-2H3. The Hall–Kier alpha value is -0.560. The van der Waals surface area contributed by atoms with E-state index in [0.29, 0.717) is 24.7 Å². The maximum Gasteiger partial charge on any atom is 0.246 e. The van der Waals surface area contributed by atoms with E-state index in [9.17, 15) is 8.42 Å². The molecule has 0 amide bonds. The van der Waals surface area contributed by atoms with Crippen molar-refractivity contribution in [3.8, 4) is 0 Å². The Balaban J connectivity index is 2.31. The van der Waals surface area contributed by atoms with Crippen molar-refractivity contribution in [3.05, 3.63) is 17.6 Å². The number of aryl methyl sites for hydroxylation is 1. The Morgan fingerprint density at radius 3 is 2.78 bits per heavy atom. The first-order chi connectivity index (χ1) is 8.46. The van der Waals surface area contributed by atoms with Crippen molar-refractivity contribution < 1.29 is 17.6 Å². The van der Waals surface area contributed by atoms with Crippen molar-refractivity contribution in [1.82, 2.24) is 4.31 Å². The Morgan fingerprint density at radius 1 is 1.56 bits per heavy atom. The topological polar surface area (TPSA) is 59.8 Å². The van der Waals surface area contributed by atoms with Crippen LogP contribution in [0.25, 0.3) is 0 Å². The average Bonchev–Trinajstić information content (AvgIpc) is 2.96. The summed E-state index contributed by atoms with van der Waals surface area (Å²) in [6.07, 6.45) is 0.717. The molecule has 1 aliphatic heterocycles. The third-order valence-electron chi connectivity index (χ3n) is 3.13. The van der Waals surface area contributed by atoms with Gasteiger partial charge in [0.25, 0.3) is 0 Å². The number of furan rings is 1. The van der Waals surface area contributed by atoms with Gasteiger partial charge < -0.3 is 9.15 Å². The SMILES string of the molecule is Cc1oc(CCl)cc1S(=O)(=O)N(C)C1CCOC1. The van der Waals surface area contributed by atoms with Gasteiger partial charge in [-0.25, -0.2) is 8.42 Å². The van der Waals surface area contributed by atoms with Gasteiger partial charge in [0.1, 0.15) is 16.4 Å². The van der Waals surface area contributed by atoms with Crippen molar-refractivity contribution in [2.24, 2.45) is 0 Å². The van der Waals surface area contributed by atoms with Crippen LogP contribution in [-0.4, -0.2) is 39.0 Å². The molecule has 1 atom stereocenters. The van der Waals surface area contributed by atoms with Gasteiger partial charge in [0.05, 0.1) is 18.5 Å². The molecule has 2 rings (SSSR count). The summed E-state index contributed by atoms with van der Waals surface area (Å²) in [4.78, 5) is 0.188. The zero-order chi connectivity index (χ0) is 13.3. The van der Waals surface area contributed by atoms with Crippen LogP contribution in [-0.2, 0) is 20.6 Å². The van der Waals surface area contributed by atoms with Crippen LogP contribution in [0, 0.1) is 6.92 Å². The van der Waals surface area contributed by atoms with E-state index in [1.165, 1.54) is 10.4 Å². The second kappa shape index (κ2) is 5.21. The highest BCUT2D eigenvalue weighted by atomic mass is 35.5. The molecule has 0 bridgehead atoms. The van der Waals surface area contributed by atoms with Crippen LogP contribution in [0.5, 0.6) is 0 Å². The first-order valence-corrected chi connectivity index (χ1v) is 7.65. The summed E-state index contributed by atoms with van der Waals surface area (Å²) in [5, 5.41) is 0. The molecule has 18 heavy (non-hydrogen) atoms. The summed E-state index contributed by atoms with van der Waals surface area (Å²) in [6.45, 7) is 2.67. The quantitative estimate of drug-likeness (QED) is 0.793. The van der Waals surface area contributed by atoms with E-state index in [2.05, 4.69) is 0 Å². The average molecular weight is 294 g/mol. The first-order valence-electron chi connectivity index (χ1n) is 5.68. The molecule has 0 aliphatic carbocycles. The van der Waals surface area contributed by atoms with Gasteiger partial charge in [0, 0.05) is 19.7 Å². The van der Waals surface area contributed by atoms with Gasteiger partial charge in [-0.2, -0.15) is 4.31 Å². The molecule has 2 heterocycles. The van der Waals surface area contributed by atoms with Crippen LogP contribution < -0.4 is 0 Å². The minimum absolute atomic E-state index is 0.108. The van der Waals surface area contributed by atoms with E-state index in [1.807, 2.05) is 0 Å². The van der Waals surface area contributed by atoms with Crippen molar-refractivity contribution in [3.63, 3.8) is 0 Å². The molecule has 1 aromatic heterocycles. The Bertz CT molecular complexity index is 519. The molecule has 0 spiro atoms. The van der Waals surface area contributed by atoms with Crippen molar-refractivity contribution in [2.75, 3.05) is 20.3 Å². The summed E-state index contributed by atoms with van der Waals surface area (Å²) >= 11 is 5.65. The Labute approximate surface area is 112 Å². The minimum atomic E-state index is -3.54. The second-order valence-electron chi connectivity index (χ2n) is 4.31. The number of halogens is 1. The molecule has 0 radical (unpaired) electrons. The molecule has 102 valence electrons. The molecule has 7 heteroatoms. The lowest BCUT2D eigenvalue weighted by Gasteiger charge is -2.21. The van der Waals surface area contributed by atoms with Gasteiger partial charge >= 0.3 is 0 Å². The summed E-state index contributed by atoms with van der Waals surface area (Å²) < 4.78 is 36.7. The van der Waals surface area contributed by atoms with Gasteiger partial charge in [0.15, 0.2) is 0 Å². The number of nitrogens with zero attached hydrogens (tertiary/aromatic N) is 1. The van der Waals surface area contributed by atoms with Gasteiger partial charge in [0.2, 0.25) is 10.0 Å². The van der Waals surface area contributed by atoms with Crippen LogP contribution in [0.2, 0.25) is 0 Å². The molecule has 1 fully saturated rings. The number of ether oxygens (including phenoxy) is 1. The fraction of sp³-hybridized carbons (Fsp3) is 0.636. The van der Waals surface area contributed by atoms with Gasteiger partial charge in [-0.15, -0.1) is 11.6 Å². The summed E-state index contributed by atoms with van der Waals surface area (Å²) in [5.74, 6) is 0.993. The van der Waals surface area contributed by atoms with E-state index < -0.39 is 10.0 Å². The third kappa shape index (κ3) is 2.42. The van der Waals surface area contributed by atoms with Gasteiger partial charge in [-0.3, -0.25) is 0 Å². The van der Waals surface area contributed by atoms with Crippen LogP contribution in [0.15, 0.2) is 15.4 Å². The largest absolute Gasteiger partial charge is 0.464 e. The molecule has 0 aromatic carbocycles. The lowest BCUT2D eigenvalue weighted by atomic mass is 10.3. The Kier molecular flexibility index (Phi) is 4.01. The van der Waals surface area contributed by atoms with Gasteiger partial charge in [-0.1, -0.05) is 0 Å². The van der Waals surface area contributed by atoms with Crippen molar-refractivity contribution in [1.29, 1.82) is 0 Å². The van der Waals surface area contributed by atoms with Crippen LogP contribution in [0.4, 0.5) is 0 Å². The highest BCUT2D eigenvalue weighted by molar-refractivity contribution is 7.89. The van der Waals surface area contributed by atoms with E-state index in [0.717, 1.165) is 6.42 Å². The lowest BCUT2D eigenvalue weighted by molar-refractivity contribution is 0.181. The monoisotopic (exact) mass is 293 g/mol. The summed E-state index contributed by atoms with van der Waals surface area (Å²) in [5.41, 5.74) is 0. The van der Waals surface area contributed by atoms with Crippen LogP contribution >= 0.6 is 11.6 Å². The van der Waals surface area contributed by atoms with Crippen LogP contribution in [0.1, 0.15) is 17.9 Å². The number of alkyl halides is 1. The number of sulfonamides is 1. The first kappa shape index (κ1) is 13.9. The summed E-state index contributed by atoms with van der Waals surface area (Å²) in [6, 6.07) is 1.38. The third-order valence-corrected chi connectivity index (χ3v) is 5.41. The lowest BCUT2D eigenvalue weighted by Crippen LogP contribution is -2.37. The van der Waals surface area contributed by atoms with E-state index in [1.54, 1.807) is 14.0 Å². The van der Waals surface area contributed by atoms with Crippen molar-refractivity contribution in [2.45, 2.75) is 30.2 Å². The maximum absolute atomic E-state index is 12.4. The number of hydrogen-bond donors (Lipinski definition) is 0. The molecular formula is C11H16ClNO4S. The van der Waals surface area contributed by atoms with Gasteiger partial charge in [-0.05, 0) is 13.3 Å². The predicted octanol–water partition coefficient (Wildman–Crippen LogP) is 1.74.